The lowest BCUT2D eigenvalue weighted by Crippen LogP contribution is -2.43. The lowest BCUT2D eigenvalue weighted by Gasteiger charge is -2.41. The Morgan fingerprint density at radius 1 is 0.700 bits per heavy atom. The summed E-state index contributed by atoms with van der Waals surface area (Å²) in [6, 6.07) is 0. The molecule has 0 aromatic rings. The molecule has 20 heavy (non-hydrogen) atoms. The van der Waals surface area contributed by atoms with E-state index in [0.717, 1.165) is 51.4 Å². The van der Waals surface area contributed by atoms with Gasteiger partial charge in [-0.25, -0.2) is 9.59 Å². The molecule has 5 nitrogen and oxygen atoms in total. The Hall–Kier alpha value is -1.28. The number of nitrogens with zero attached hydrogens (tertiary/aromatic N) is 2. The lowest BCUT2D eigenvalue weighted by molar-refractivity contribution is 0.115. The minimum atomic E-state index is -0.857. The summed E-state index contributed by atoms with van der Waals surface area (Å²) in [6.07, 6.45) is 14.4. The summed E-state index contributed by atoms with van der Waals surface area (Å²) in [5, 5.41) is 0. The second kappa shape index (κ2) is 8.11. The fourth-order valence-electron chi connectivity index (χ4n) is 3.92. The van der Waals surface area contributed by atoms with Crippen molar-refractivity contribution in [2.24, 2.45) is 21.8 Å². The van der Waals surface area contributed by atoms with Crippen molar-refractivity contribution in [2.75, 3.05) is 0 Å². The third kappa shape index (κ3) is 3.43. The molecule has 0 bridgehead atoms. The van der Waals surface area contributed by atoms with Gasteiger partial charge in [0.1, 0.15) is 0 Å². The standard InChI is InChI=1S/C15H22N2O2.H2O/c18-11-16-15(17-12-19,13-7-3-1-4-8-13)14-9-5-2-6-10-14;/h13-14H,1-10H2;1H2. The molecule has 112 valence electrons. The van der Waals surface area contributed by atoms with Crippen LogP contribution in [-0.2, 0) is 9.59 Å². The Balaban J connectivity index is 0.00000200. The highest BCUT2D eigenvalue weighted by atomic mass is 16.1. The Kier molecular flexibility index (Phi) is 6.80. The van der Waals surface area contributed by atoms with E-state index in [2.05, 4.69) is 9.98 Å². The number of aliphatic imine (C=N–C) groups is 2. The maximum Gasteiger partial charge on any atom is 0.237 e. The highest BCUT2D eigenvalue weighted by molar-refractivity contribution is 5.40. The second-order valence-electron chi connectivity index (χ2n) is 5.86. The summed E-state index contributed by atoms with van der Waals surface area (Å²) >= 11 is 0. The SMILES string of the molecule is O.O=C=NC(N=C=O)(C1CCCCC1)C1CCCCC1. The third-order valence-electron chi connectivity index (χ3n) is 4.86. The molecule has 0 spiro atoms. The first-order chi connectivity index (χ1) is 9.33. The van der Waals surface area contributed by atoms with Gasteiger partial charge in [0.25, 0.3) is 0 Å². The van der Waals surface area contributed by atoms with Gasteiger partial charge in [0.15, 0.2) is 5.66 Å². The van der Waals surface area contributed by atoms with Crippen molar-refractivity contribution in [1.29, 1.82) is 0 Å². The number of hydrogen-bond donors (Lipinski definition) is 0. The van der Waals surface area contributed by atoms with E-state index in [1.807, 2.05) is 0 Å². The van der Waals surface area contributed by atoms with E-state index in [9.17, 15) is 9.59 Å². The maximum absolute atomic E-state index is 10.9. The molecule has 2 rings (SSSR count). The largest absolute Gasteiger partial charge is 0.412 e. The molecule has 0 radical (unpaired) electrons. The molecule has 0 saturated heterocycles. The van der Waals surface area contributed by atoms with Crippen LogP contribution in [-0.4, -0.2) is 23.3 Å². The van der Waals surface area contributed by atoms with Gasteiger partial charge in [-0.1, -0.05) is 38.5 Å². The first-order valence-corrected chi connectivity index (χ1v) is 7.51. The minimum Gasteiger partial charge on any atom is -0.412 e. The topological polar surface area (TPSA) is 90.4 Å². The summed E-state index contributed by atoms with van der Waals surface area (Å²) < 4.78 is 0. The van der Waals surface area contributed by atoms with Gasteiger partial charge in [-0.2, -0.15) is 9.98 Å². The van der Waals surface area contributed by atoms with E-state index in [-0.39, 0.29) is 17.3 Å². The summed E-state index contributed by atoms with van der Waals surface area (Å²) in [4.78, 5) is 29.9. The van der Waals surface area contributed by atoms with E-state index < -0.39 is 5.66 Å². The van der Waals surface area contributed by atoms with Crippen LogP contribution in [0.15, 0.2) is 9.98 Å². The number of rotatable bonds is 4. The fourth-order valence-corrected chi connectivity index (χ4v) is 3.92. The second-order valence-corrected chi connectivity index (χ2v) is 5.86. The third-order valence-corrected chi connectivity index (χ3v) is 4.86. The minimum absolute atomic E-state index is 0. The van der Waals surface area contributed by atoms with Crippen LogP contribution in [0.4, 0.5) is 0 Å². The van der Waals surface area contributed by atoms with Gasteiger partial charge in [0, 0.05) is 11.8 Å². The van der Waals surface area contributed by atoms with Crippen molar-refractivity contribution in [1.82, 2.24) is 0 Å². The molecule has 2 fully saturated rings. The van der Waals surface area contributed by atoms with Crippen LogP contribution >= 0.6 is 0 Å². The quantitative estimate of drug-likeness (QED) is 0.585. The van der Waals surface area contributed by atoms with Crippen molar-refractivity contribution < 1.29 is 15.1 Å². The monoisotopic (exact) mass is 280 g/mol. The number of carbonyl (C=O) groups excluding carboxylic acids is 2. The molecule has 0 unspecified atom stereocenters. The molecule has 2 saturated carbocycles. The zero-order valence-electron chi connectivity index (χ0n) is 11.9. The van der Waals surface area contributed by atoms with Crippen LogP contribution in [0.2, 0.25) is 0 Å². The average molecular weight is 280 g/mol. The molecular weight excluding hydrogens is 256 g/mol. The predicted octanol–water partition coefficient (Wildman–Crippen LogP) is 2.69. The smallest absolute Gasteiger partial charge is 0.237 e. The lowest BCUT2D eigenvalue weighted by atomic mass is 9.69. The van der Waals surface area contributed by atoms with E-state index in [1.165, 1.54) is 12.8 Å². The summed E-state index contributed by atoms with van der Waals surface area (Å²) in [6.45, 7) is 0. The molecule has 2 aliphatic carbocycles. The van der Waals surface area contributed by atoms with Crippen molar-refractivity contribution in [3.63, 3.8) is 0 Å². The first kappa shape index (κ1) is 16.8. The Labute approximate surface area is 119 Å². The van der Waals surface area contributed by atoms with Crippen LogP contribution in [0.1, 0.15) is 64.2 Å². The van der Waals surface area contributed by atoms with E-state index in [0.29, 0.717) is 0 Å². The maximum atomic E-state index is 10.9. The van der Waals surface area contributed by atoms with Gasteiger partial charge in [-0.3, -0.25) is 0 Å². The van der Waals surface area contributed by atoms with E-state index in [4.69, 9.17) is 0 Å². The van der Waals surface area contributed by atoms with Crippen LogP contribution in [0.5, 0.6) is 0 Å². The summed E-state index contributed by atoms with van der Waals surface area (Å²) in [7, 11) is 0. The van der Waals surface area contributed by atoms with Gasteiger partial charge in [-0.15, -0.1) is 0 Å². The van der Waals surface area contributed by atoms with E-state index in [1.54, 1.807) is 12.2 Å². The van der Waals surface area contributed by atoms with Gasteiger partial charge < -0.3 is 5.48 Å². The van der Waals surface area contributed by atoms with Crippen molar-refractivity contribution in [3.8, 4) is 0 Å². The van der Waals surface area contributed by atoms with Crippen LogP contribution < -0.4 is 0 Å². The molecule has 5 heteroatoms. The molecule has 0 aromatic heterocycles. The van der Waals surface area contributed by atoms with E-state index >= 15 is 0 Å². The normalized spacial score (nSPS) is 21.2. The highest BCUT2D eigenvalue weighted by Crippen LogP contribution is 2.45. The first-order valence-electron chi connectivity index (χ1n) is 7.51. The molecule has 0 heterocycles. The predicted molar refractivity (Wildman–Crippen MR) is 75.7 cm³/mol. The molecule has 0 aliphatic heterocycles. The van der Waals surface area contributed by atoms with Crippen LogP contribution in [0.25, 0.3) is 0 Å². The van der Waals surface area contributed by atoms with Crippen LogP contribution in [0.3, 0.4) is 0 Å². The molecule has 2 aliphatic rings. The molecule has 0 atom stereocenters. The molecule has 0 aromatic carbocycles. The Bertz CT molecular complexity index is 348. The number of isocyanates is 2. The van der Waals surface area contributed by atoms with Crippen LogP contribution in [0, 0.1) is 11.8 Å². The Morgan fingerprint density at radius 3 is 1.35 bits per heavy atom. The van der Waals surface area contributed by atoms with Gasteiger partial charge >= 0.3 is 0 Å². The Morgan fingerprint density at radius 2 is 1.05 bits per heavy atom. The number of hydrogen-bond acceptors (Lipinski definition) is 4. The zero-order chi connectivity index (χ0) is 13.6. The van der Waals surface area contributed by atoms with Crippen molar-refractivity contribution >= 4 is 12.2 Å². The van der Waals surface area contributed by atoms with Crippen molar-refractivity contribution in [2.45, 2.75) is 69.9 Å². The molecule has 2 N–H and O–H groups in total. The summed E-state index contributed by atoms with van der Waals surface area (Å²) in [5.74, 6) is 0.430. The average Bonchev–Trinajstić information content (AvgIpc) is 2.49. The molecule has 0 amide bonds. The molecular formula is C15H24N2O3. The zero-order valence-corrected chi connectivity index (χ0v) is 11.9. The van der Waals surface area contributed by atoms with Gasteiger partial charge in [0.05, 0.1) is 0 Å². The fraction of sp³-hybridized carbons (Fsp3) is 0.867. The van der Waals surface area contributed by atoms with Gasteiger partial charge in [0.2, 0.25) is 12.2 Å². The summed E-state index contributed by atoms with van der Waals surface area (Å²) in [5.41, 5.74) is -0.857. The van der Waals surface area contributed by atoms with Gasteiger partial charge in [-0.05, 0) is 25.7 Å². The van der Waals surface area contributed by atoms with Crippen molar-refractivity contribution in [3.05, 3.63) is 0 Å². The highest BCUT2D eigenvalue weighted by Gasteiger charge is 2.46.